The van der Waals surface area contributed by atoms with E-state index in [0.29, 0.717) is 0 Å². The van der Waals surface area contributed by atoms with Crippen LogP contribution in [0.4, 0.5) is 5.95 Å². The van der Waals surface area contributed by atoms with Gasteiger partial charge < -0.3 is 20.3 Å². The van der Waals surface area contributed by atoms with Gasteiger partial charge in [-0.05, 0) is 11.5 Å². The summed E-state index contributed by atoms with van der Waals surface area (Å²) in [5.41, 5.74) is 3.17. The van der Waals surface area contributed by atoms with Crippen LogP contribution in [0.1, 0.15) is 13.2 Å². The zero-order valence-electron chi connectivity index (χ0n) is 13.5. The molecule has 0 radical (unpaired) electrons. The smallest absolute Gasteiger partial charge is 0.387 e. The molecule has 4 N–H and O–H groups in total. The molecule has 2 bridgehead atoms. The van der Waals surface area contributed by atoms with Crippen molar-refractivity contribution in [2.45, 2.75) is 30.5 Å². The lowest BCUT2D eigenvalue weighted by molar-refractivity contribution is -0.208. The lowest BCUT2D eigenvalue weighted by Gasteiger charge is -2.33. The summed E-state index contributed by atoms with van der Waals surface area (Å²) in [5, 5.41) is 10.7. The molecule has 2 saturated heterocycles. The number of aliphatic hydroxyl groups is 1. The summed E-state index contributed by atoms with van der Waals surface area (Å²) in [6.45, 7) is 3.11. The lowest BCUT2D eigenvalue weighted by atomic mass is 9.92. The highest BCUT2D eigenvalue weighted by atomic mass is 31.1. The van der Waals surface area contributed by atoms with Crippen molar-refractivity contribution in [1.82, 2.24) is 19.5 Å². The van der Waals surface area contributed by atoms with Crippen molar-refractivity contribution in [3.63, 3.8) is 0 Å². The average molecular weight is 370 g/mol. The third kappa shape index (κ3) is 2.24. The number of nitrogens with two attached hydrogens (primary N) is 1. The van der Waals surface area contributed by atoms with Gasteiger partial charge in [-0.2, -0.15) is 4.98 Å². The third-order valence-electron chi connectivity index (χ3n) is 4.70. The number of hydrogen-bond donors (Lipinski definition) is 3. The van der Waals surface area contributed by atoms with E-state index in [1.165, 1.54) is 17.6 Å². The maximum atomic E-state index is 11.9. The zero-order valence-corrected chi connectivity index (χ0v) is 14.4. The van der Waals surface area contributed by atoms with Crippen molar-refractivity contribution in [3.8, 4) is 0 Å². The van der Waals surface area contributed by atoms with E-state index in [-0.39, 0.29) is 30.3 Å². The van der Waals surface area contributed by atoms with Crippen molar-refractivity contribution in [1.29, 1.82) is 0 Å². The van der Waals surface area contributed by atoms with E-state index in [4.69, 9.17) is 19.7 Å². The maximum absolute atomic E-state index is 11.9. The minimum atomic E-state index is -1.86. The lowest BCUT2D eigenvalue weighted by Crippen LogP contribution is -2.45. The van der Waals surface area contributed by atoms with Crippen LogP contribution in [0.3, 0.4) is 0 Å². The summed E-state index contributed by atoms with van der Waals surface area (Å²) < 4.78 is 29.8. The zero-order chi connectivity index (χ0) is 18.0. The van der Waals surface area contributed by atoms with Gasteiger partial charge in [-0.3, -0.25) is 14.3 Å². The molecule has 2 aliphatic heterocycles. The molecule has 4 rings (SSSR count). The Morgan fingerprint density at radius 3 is 3.12 bits per heavy atom. The van der Waals surface area contributed by atoms with Crippen molar-refractivity contribution in [2.75, 3.05) is 25.6 Å². The molecule has 1 unspecified atom stereocenters. The molecule has 2 aliphatic rings. The quantitative estimate of drug-likeness (QED) is 0.604. The fourth-order valence-electron chi connectivity index (χ4n) is 3.40. The van der Waals surface area contributed by atoms with E-state index < -0.39 is 37.1 Å². The number of anilines is 1. The van der Waals surface area contributed by atoms with Crippen molar-refractivity contribution >= 4 is 25.1 Å². The number of nitrogens with one attached hydrogen (secondary N) is 1. The van der Waals surface area contributed by atoms with Gasteiger partial charge in [-0.25, -0.2) is 4.98 Å². The second-order valence-electron chi connectivity index (χ2n) is 6.40. The molecule has 0 spiro atoms. The molecule has 0 aromatic carbocycles. The van der Waals surface area contributed by atoms with Gasteiger partial charge in [0.1, 0.15) is 18.3 Å². The molecule has 0 aliphatic carbocycles. The summed E-state index contributed by atoms with van der Waals surface area (Å²) >= 11 is 0. The molecule has 2 fully saturated rings. The van der Waals surface area contributed by atoms with Gasteiger partial charge in [0, 0.05) is 0 Å². The van der Waals surface area contributed by atoms with Crippen LogP contribution in [0, 0.1) is 0 Å². The molecule has 5 atom stereocenters. The Morgan fingerprint density at radius 1 is 1.64 bits per heavy atom. The first-order valence-corrected chi connectivity index (χ1v) is 9.15. The van der Waals surface area contributed by atoms with Crippen LogP contribution in [0.25, 0.3) is 11.2 Å². The Balaban J connectivity index is 1.78. The summed E-state index contributed by atoms with van der Waals surface area (Å²) in [5.74, 6) is -0.0601. The van der Waals surface area contributed by atoms with Crippen LogP contribution in [0.2, 0.25) is 0 Å². The highest BCUT2D eigenvalue weighted by Gasteiger charge is 2.69. The largest absolute Gasteiger partial charge is 0.504 e. The summed E-state index contributed by atoms with van der Waals surface area (Å²) in [6, 6.07) is 0. The van der Waals surface area contributed by atoms with Crippen molar-refractivity contribution < 1.29 is 23.7 Å². The van der Waals surface area contributed by atoms with Crippen LogP contribution in [-0.2, 0) is 18.6 Å². The third-order valence-corrected chi connectivity index (χ3v) is 5.19. The number of aliphatic hydroxyl groups excluding tert-OH is 1. The Kier molecular flexibility index (Phi) is 3.50. The molecule has 25 heavy (non-hydrogen) atoms. The normalized spacial score (nSPS) is 34.8. The minimum Gasteiger partial charge on any atom is -0.387 e. The van der Waals surface area contributed by atoms with E-state index in [1.807, 2.05) is 0 Å². The first-order valence-electron chi connectivity index (χ1n) is 7.53. The number of aromatic nitrogens is 4. The molecule has 0 saturated carbocycles. The van der Waals surface area contributed by atoms with Gasteiger partial charge in [0.2, 0.25) is 5.95 Å². The van der Waals surface area contributed by atoms with E-state index in [2.05, 4.69) is 15.0 Å². The average Bonchev–Trinajstić information content (AvgIpc) is 3.13. The number of rotatable bonds is 4. The molecule has 0 amide bonds. The molecule has 4 heterocycles. The molecular formula is C13H17N5O6P+. The van der Waals surface area contributed by atoms with Gasteiger partial charge in [-0.15, -0.1) is 4.52 Å². The van der Waals surface area contributed by atoms with Crippen LogP contribution in [0.5, 0.6) is 0 Å². The number of aromatic amines is 1. The van der Waals surface area contributed by atoms with Crippen molar-refractivity contribution in [2.24, 2.45) is 0 Å². The number of fused-ring (bicyclic) bond motifs is 3. The van der Waals surface area contributed by atoms with E-state index >= 15 is 0 Å². The van der Waals surface area contributed by atoms with Crippen LogP contribution < -0.4 is 11.3 Å². The number of hydrogen-bond acceptors (Lipinski definition) is 9. The van der Waals surface area contributed by atoms with E-state index in [9.17, 15) is 14.5 Å². The molecule has 12 heteroatoms. The number of H-pyrrole nitrogens is 1. The van der Waals surface area contributed by atoms with Crippen LogP contribution in [0.15, 0.2) is 11.1 Å². The summed E-state index contributed by atoms with van der Waals surface area (Å²) in [4.78, 5) is 22.5. The second kappa shape index (κ2) is 5.29. The number of ether oxygens (including phenoxy) is 2. The number of nitrogens with zero attached hydrogens (tertiary/aromatic N) is 3. The van der Waals surface area contributed by atoms with E-state index in [0.717, 1.165) is 0 Å². The molecule has 11 nitrogen and oxygen atoms in total. The predicted octanol–water partition coefficient (Wildman–Crippen LogP) is -0.492. The van der Waals surface area contributed by atoms with Gasteiger partial charge in [0.25, 0.3) is 5.56 Å². The standard InChI is InChI=1S/C13H16N5O6P/c1-12-9(20)13(3-22-12,4-23-25(2)21)24-10(12)18-5-15-6-7(18)16-11(14)17-8(6)19/h5,9-10,20H,3-4H2,1-2H3,(H2-,14,16,17,19)/p+1/t9-,10+,12+,13+/m0/s1. The van der Waals surface area contributed by atoms with Gasteiger partial charge >= 0.3 is 8.03 Å². The fraction of sp³-hybridized carbons (Fsp3) is 0.615. The van der Waals surface area contributed by atoms with Crippen LogP contribution >= 0.6 is 8.03 Å². The molecule has 2 aromatic rings. The number of nitrogen functional groups attached to an aromatic ring is 1. The molecular weight excluding hydrogens is 353 g/mol. The van der Waals surface area contributed by atoms with E-state index in [1.54, 1.807) is 6.92 Å². The molecule has 2 aromatic heterocycles. The van der Waals surface area contributed by atoms with Crippen molar-refractivity contribution in [3.05, 3.63) is 16.7 Å². The van der Waals surface area contributed by atoms with Gasteiger partial charge in [0.05, 0.1) is 12.9 Å². The highest BCUT2D eigenvalue weighted by molar-refractivity contribution is 7.38. The highest BCUT2D eigenvalue weighted by Crippen LogP contribution is 2.53. The number of imidazole rings is 1. The van der Waals surface area contributed by atoms with Crippen LogP contribution in [-0.4, -0.2) is 61.8 Å². The minimum absolute atomic E-state index is 0.0601. The first-order chi connectivity index (χ1) is 11.8. The van der Waals surface area contributed by atoms with Gasteiger partial charge in [-0.1, -0.05) is 0 Å². The molecule has 134 valence electrons. The Hall–Kier alpha value is -1.91. The maximum Gasteiger partial charge on any atom is 0.504 e. The Bertz CT molecular complexity index is 929. The fourth-order valence-corrected chi connectivity index (χ4v) is 3.80. The van der Waals surface area contributed by atoms with Gasteiger partial charge in [0.15, 0.2) is 29.7 Å². The second-order valence-corrected chi connectivity index (χ2v) is 7.54. The Morgan fingerprint density at radius 2 is 2.40 bits per heavy atom. The summed E-state index contributed by atoms with van der Waals surface area (Å²) in [7, 11) is -1.86. The monoisotopic (exact) mass is 370 g/mol. The first kappa shape index (κ1) is 16.6. The predicted molar refractivity (Wildman–Crippen MR) is 85.3 cm³/mol. The SMILES string of the molecule is C[P+](=O)OC[C@]12CO[C@](C)([C@@H]1O)[C@H](n1cnc3c(=O)[nH]c(N)nc31)O2. The topological polar surface area (TPSA) is 155 Å². The summed E-state index contributed by atoms with van der Waals surface area (Å²) in [6.07, 6.45) is -0.460. The Labute approximate surface area is 142 Å².